The lowest BCUT2D eigenvalue weighted by Crippen LogP contribution is -2.44. The normalized spacial score (nSPS) is 15.3. The number of nitrogens with two attached hydrogens (primary N) is 1. The first-order chi connectivity index (χ1) is 6.56. The summed E-state index contributed by atoms with van der Waals surface area (Å²) >= 11 is 0. The molecule has 0 bridgehead atoms. The minimum Gasteiger partial charge on any atom is -0.394 e. The van der Waals surface area contributed by atoms with Gasteiger partial charge in [0.05, 0.1) is 18.6 Å². The van der Waals surface area contributed by atoms with E-state index in [0.717, 1.165) is 6.42 Å². The third-order valence-corrected chi connectivity index (χ3v) is 2.46. The molecule has 0 aliphatic carbocycles. The first kappa shape index (κ1) is 13.4. The molecule has 0 aromatic carbocycles. The van der Waals surface area contributed by atoms with Crippen LogP contribution in [-0.4, -0.2) is 30.2 Å². The molecule has 0 aromatic rings. The Morgan fingerprint density at radius 3 is 2.36 bits per heavy atom. The van der Waals surface area contributed by atoms with E-state index in [1.54, 1.807) is 0 Å². The second-order valence-corrected chi connectivity index (χ2v) is 3.88. The number of hydrogen-bond acceptors (Lipinski definition) is 3. The van der Waals surface area contributed by atoms with Crippen LogP contribution in [0.5, 0.6) is 0 Å². The van der Waals surface area contributed by atoms with Crippen molar-refractivity contribution in [3.05, 3.63) is 0 Å². The number of nitrogens with one attached hydrogen (secondary N) is 1. The molecule has 4 heteroatoms. The van der Waals surface area contributed by atoms with Gasteiger partial charge in [-0.3, -0.25) is 4.79 Å². The second kappa shape index (κ2) is 6.79. The minimum absolute atomic E-state index is 0.0162. The van der Waals surface area contributed by atoms with Crippen molar-refractivity contribution in [1.82, 2.24) is 5.32 Å². The summed E-state index contributed by atoms with van der Waals surface area (Å²) in [6.45, 7) is 6.20. The van der Waals surface area contributed by atoms with Gasteiger partial charge in [0.15, 0.2) is 0 Å². The van der Waals surface area contributed by atoms with Crippen LogP contribution in [0.1, 0.15) is 27.2 Å². The maximum Gasteiger partial charge on any atom is 0.224 e. The van der Waals surface area contributed by atoms with Crippen LogP contribution < -0.4 is 11.1 Å². The average molecular weight is 202 g/mol. The van der Waals surface area contributed by atoms with Crippen molar-refractivity contribution in [3.63, 3.8) is 0 Å². The smallest absolute Gasteiger partial charge is 0.224 e. The molecule has 14 heavy (non-hydrogen) atoms. The van der Waals surface area contributed by atoms with Crippen LogP contribution in [0.3, 0.4) is 0 Å². The van der Waals surface area contributed by atoms with Gasteiger partial charge in [-0.05, 0) is 12.3 Å². The number of aliphatic hydroxyl groups is 1. The lowest BCUT2D eigenvalue weighted by Gasteiger charge is -2.21. The maximum absolute atomic E-state index is 11.6. The zero-order valence-corrected chi connectivity index (χ0v) is 9.29. The van der Waals surface area contributed by atoms with E-state index in [-0.39, 0.29) is 30.4 Å². The minimum atomic E-state index is -0.157. The molecule has 0 fully saturated rings. The van der Waals surface area contributed by atoms with E-state index in [2.05, 4.69) is 5.32 Å². The Morgan fingerprint density at radius 1 is 1.50 bits per heavy atom. The lowest BCUT2D eigenvalue weighted by atomic mass is 9.95. The van der Waals surface area contributed by atoms with E-state index in [1.165, 1.54) is 0 Å². The summed E-state index contributed by atoms with van der Waals surface area (Å²) in [6.07, 6.45) is 0.734. The number of carbonyl (C=O) groups excluding carboxylic acids is 1. The number of rotatable bonds is 6. The summed E-state index contributed by atoms with van der Waals surface area (Å²) in [7, 11) is 0. The highest BCUT2D eigenvalue weighted by Gasteiger charge is 2.21. The first-order valence-electron chi connectivity index (χ1n) is 5.18. The fourth-order valence-electron chi connectivity index (χ4n) is 1.27. The fraction of sp³-hybridized carbons (Fsp3) is 0.900. The molecule has 4 nitrogen and oxygen atoms in total. The summed E-state index contributed by atoms with van der Waals surface area (Å²) < 4.78 is 0. The molecule has 0 aliphatic heterocycles. The molecular weight excluding hydrogens is 180 g/mol. The Balaban J connectivity index is 4.16. The Kier molecular flexibility index (Phi) is 6.49. The van der Waals surface area contributed by atoms with Gasteiger partial charge in [-0.15, -0.1) is 0 Å². The van der Waals surface area contributed by atoms with Gasteiger partial charge in [0, 0.05) is 6.54 Å². The molecule has 0 spiro atoms. The third-order valence-electron chi connectivity index (χ3n) is 2.46. The number of hydrogen-bond donors (Lipinski definition) is 3. The van der Waals surface area contributed by atoms with E-state index in [9.17, 15) is 4.79 Å². The highest BCUT2D eigenvalue weighted by atomic mass is 16.3. The van der Waals surface area contributed by atoms with Gasteiger partial charge in [0.25, 0.3) is 0 Å². The zero-order chi connectivity index (χ0) is 11.1. The maximum atomic E-state index is 11.6. The molecule has 0 aromatic heterocycles. The van der Waals surface area contributed by atoms with Crippen LogP contribution in [0.4, 0.5) is 0 Å². The molecule has 0 heterocycles. The van der Waals surface area contributed by atoms with E-state index < -0.39 is 0 Å². The van der Waals surface area contributed by atoms with Gasteiger partial charge >= 0.3 is 0 Å². The Labute approximate surface area is 85.9 Å². The molecule has 0 saturated carbocycles. The first-order valence-corrected chi connectivity index (χ1v) is 5.18. The van der Waals surface area contributed by atoms with Crippen LogP contribution in [0.15, 0.2) is 0 Å². The molecule has 84 valence electrons. The van der Waals surface area contributed by atoms with Gasteiger partial charge in [-0.2, -0.15) is 0 Å². The van der Waals surface area contributed by atoms with Crippen LogP contribution in [0.25, 0.3) is 0 Å². The van der Waals surface area contributed by atoms with Crippen molar-refractivity contribution in [2.45, 2.75) is 33.2 Å². The average Bonchev–Trinajstić information content (AvgIpc) is 2.14. The second-order valence-electron chi connectivity index (χ2n) is 3.88. The van der Waals surface area contributed by atoms with Crippen molar-refractivity contribution in [3.8, 4) is 0 Å². The number of aliphatic hydroxyl groups excluding tert-OH is 1. The standard InChI is InChI=1S/C10H22N2O2/c1-4-8(6-13)12-10(14)9(5-11)7(2)3/h7-9,13H,4-6,11H2,1-3H3,(H,12,14). The number of amides is 1. The van der Waals surface area contributed by atoms with Gasteiger partial charge in [-0.1, -0.05) is 20.8 Å². The monoisotopic (exact) mass is 202 g/mol. The Hall–Kier alpha value is -0.610. The quantitative estimate of drug-likeness (QED) is 0.572. The molecule has 1 amide bonds. The highest BCUT2D eigenvalue weighted by molar-refractivity contribution is 5.79. The molecule has 0 saturated heterocycles. The molecule has 4 N–H and O–H groups in total. The fourth-order valence-corrected chi connectivity index (χ4v) is 1.27. The van der Waals surface area contributed by atoms with Gasteiger partial charge in [-0.25, -0.2) is 0 Å². The Morgan fingerprint density at radius 2 is 2.07 bits per heavy atom. The van der Waals surface area contributed by atoms with Crippen molar-refractivity contribution < 1.29 is 9.90 Å². The van der Waals surface area contributed by atoms with Crippen LogP contribution >= 0.6 is 0 Å². The molecule has 2 unspecified atom stereocenters. The topological polar surface area (TPSA) is 75.3 Å². The van der Waals surface area contributed by atoms with Gasteiger partial charge in [0.1, 0.15) is 0 Å². The van der Waals surface area contributed by atoms with Crippen LogP contribution in [0.2, 0.25) is 0 Å². The largest absolute Gasteiger partial charge is 0.394 e. The number of carbonyl (C=O) groups is 1. The molecule has 0 radical (unpaired) electrons. The lowest BCUT2D eigenvalue weighted by molar-refractivity contribution is -0.127. The van der Waals surface area contributed by atoms with Crippen LogP contribution in [-0.2, 0) is 4.79 Å². The van der Waals surface area contributed by atoms with E-state index in [4.69, 9.17) is 10.8 Å². The summed E-state index contributed by atoms with van der Waals surface area (Å²) in [5.41, 5.74) is 5.51. The summed E-state index contributed by atoms with van der Waals surface area (Å²) in [6, 6.07) is -0.143. The molecular formula is C10H22N2O2. The van der Waals surface area contributed by atoms with Gasteiger partial charge in [0.2, 0.25) is 5.91 Å². The molecule has 2 atom stereocenters. The van der Waals surface area contributed by atoms with E-state index >= 15 is 0 Å². The van der Waals surface area contributed by atoms with Crippen LogP contribution in [0, 0.1) is 11.8 Å². The summed E-state index contributed by atoms with van der Waals surface area (Å²) in [5.74, 6) is 0.0233. The van der Waals surface area contributed by atoms with E-state index in [1.807, 2.05) is 20.8 Å². The van der Waals surface area contributed by atoms with Crippen molar-refractivity contribution in [2.75, 3.05) is 13.2 Å². The molecule has 0 rings (SSSR count). The van der Waals surface area contributed by atoms with Crippen molar-refractivity contribution in [1.29, 1.82) is 0 Å². The third kappa shape index (κ3) is 4.07. The summed E-state index contributed by atoms with van der Waals surface area (Å²) in [5, 5.41) is 11.7. The van der Waals surface area contributed by atoms with E-state index in [0.29, 0.717) is 6.54 Å². The van der Waals surface area contributed by atoms with Crippen molar-refractivity contribution in [2.24, 2.45) is 17.6 Å². The van der Waals surface area contributed by atoms with Crippen molar-refractivity contribution >= 4 is 5.91 Å². The van der Waals surface area contributed by atoms with Gasteiger partial charge < -0.3 is 16.2 Å². The Bertz CT molecular complexity index is 168. The highest BCUT2D eigenvalue weighted by Crippen LogP contribution is 2.09. The predicted molar refractivity (Wildman–Crippen MR) is 56.7 cm³/mol. The summed E-state index contributed by atoms with van der Waals surface area (Å²) in [4.78, 5) is 11.6. The molecule has 0 aliphatic rings. The predicted octanol–water partition coefficient (Wildman–Crippen LogP) is 0.104. The zero-order valence-electron chi connectivity index (χ0n) is 9.29. The SMILES string of the molecule is CCC(CO)NC(=O)C(CN)C(C)C.